The maximum absolute atomic E-state index is 13.3. The number of fused-ring (bicyclic) bond motifs is 1. The summed E-state index contributed by atoms with van der Waals surface area (Å²) in [5.74, 6) is -0.274. The van der Waals surface area contributed by atoms with Gasteiger partial charge in [-0.3, -0.25) is 14.6 Å². The molecule has 0 unspecified atom stereocenters. The molecule has 4 heterocycles. The number of aromatic amines is 1. The molecule has 4 aromatic rings. The lowest BCUT2D eigenvalue weighted by Gasteiger charge is -2.15. The predicted octanol–water partition coefficient (Wildman–Crippen LogP) is 5.05. The number of aromatic nitrogens is 3. The summed E-state index contributed by atoms with van der Waals surface area (Å²) in [6.07, 6.45) is 3.55. The van der Waals surface area contributed by atoms with Crippen LogP contribution < -0.4 is 20.8 Å². The molecule has 3 N–H and O–H groups in total. The van der Waals surface area contributed by atoms with Crippen molar-refractivity contribution < 1.29 is 9.36 Å². The zero-order valence-electron chi connectivity index (χ0n) is 21.9. The Hall–Kier alpha value is -3.16. The minimum Gasteiger partial charge on any atom is -0.352 e. The molecule has 190 valence electrons. The molecule has 0 saturated heterocycles. The fourth-order valence-electron chi connectivity index (χ4n) is 4.34. The van der Waals surface area contributed by atoms with Crippen molar-refractivity contribution in [3.05, 3.63) is 57.4 Å². The Labute approximate surface area is 214 Å². The third kappa shape index (κ3) is 4.65. The summed E-state index contributed by atoms with van der Waals surface area (Å²) in [5.41, 5.74) is 5.74. The van der Waals surface area contributed by atoms with E-state index < -0.39 is 7.14 Å². The zero-order chi connectivity index (χ0) is 26.5. The van der Waals surface area contributed by atoms with Crippen molar-refractivity contribution in [3.8, 4) is 10.4 Å². The van der Waals surface area contributed by atoms with Crippen LogP contribution in [0, 0.1) is 20.8 Å². The summed E-state index contributed by atoms with van der Waals surface area (Å²) < 4.78 is 15.6. The summed E-state index contributed by atoms with van der Waals surface area (Å²) in [7, 11) is -0.908. The molecule has 4 aromatic heterocycles. The van der Waals surface area contributed by atoms with Crippen LogP contribution in [0.25, 0.3) is 21.3 Å². The monoisotopic (exact) mass is 525 g/mol. The number of amides is 1. The Morgan fingerprint density at radius 1 is 1.19 bits per heavy atom. The van der Waals surface area contributed by atoms with Crippen LogP contribution in [-0.4, -0.2) is 39.8 Å². The van der Waals surface area contributed by atoms with Gasteiger partial charge in [-0.2, -0.15) is 0 Å². The topological polar surface area (TPSA) is 109 Å². The third-order valence-electron chi connectivity index (χ3n) is 6.08. The van der Waals surface area contributed by atoms with E-state index in [4.69, 9.17) is 0 Å². The number of anilines is 2. The summed E-state index contributed by atoms with van der Waals surface area (Å²) >= 11 is 1.46. The summed E-state index contributed by atoms with van der Waals surface area (Å²) in [4.78, 5) is 34.1. The van der Waals surface area contributed by atoms with E-state index in [1.54, 1.807) is 38.8 Å². The van der Waals surface area contributed by atoms with Crippen molar-refractivity contribution >= 4 is 51.3 Å². The predicted molar refractivity (Wildman–Crippen MR) is 150 cm³/mol. The zero-order valence-corrected chi connectivity index (χ0v) is 23.6. The molecule has 36 heavy (non-hydrogen) atoms. The largest absolute Gasteiger partial charge is 0.352 e. The van der Waals surface area contributed by atoms with Gasteiger partial charge in [0.2, 0.25) is 0 Å². The van der Waals surface area contributed by atoms with Gasteiger partial charge in [0.05, 0.1) is 26.6 Å². The van der Waals surface area contributed by atoms with Crippen molar-refractivity contribution in [3.63, 3.8) is 0 Å². The first-order valence-corrected chi connectivity index (χ1v) is 15.1. The molecule has 4 rings (SSSR count). The highest BCUT2D eigenvalue weighted by Gasteiger charge is 2.27. The van der Waals surface area contributed by atoms with Gasteiger partial charge < -0.3 is 24.7 Å². The highest BCUT2D eigenvalue weighted by atomic mass is 32.1. The van der Waals surface area contributed by atoms with Gasteiger partial charge in [0.15, 0.2) is 0 Å². The van der Waals surface area contributed by atoms with E-state index in [-0.39, 0.29) is 17.5 Å². The maximum Gasteiger partial charge on any atom is 0.274 e. The number of hydrogen-bond donors (Lipinski definition) is 3. The quantitative estimate of drug-likeness (QED) is 0.306. The summed E-state index contributed by atoms with van der Waals surface area (Å²) in [6, 6.07) is 3.62. The van der Waals surface area contributed by atoms with Crippen molar-refractivity contribution in [2.24, 2.45) is 7.05 Å². The lowest BCUT2D eigenvalue weighted by Crippen LogP contribution is -2.30. The van der Waals surface area contributed by atoms with Gasteiger partial charge in [-0.15, -0.1) is 11.3 Å². The van der Waals surface area contributed by atoms with Gasteiger partial charge in [-0.05, 0) is 71.2 Å². The molecule has 10 heteroatoms. The lowest BCUT2D eigenvalue weighted by atomic mass is 10.1. The van der Waals surface area contributed by atoms with E-state index in [9.17, 15) is 14.2 Å². The maximum atomic E-state index is 13.3. The fraction of sp³-hybridized carbons (Fsp3) is 0.346. The van der Waals surface area contributed by atoms with Crippen molar-refractivity contribution in [1.29, 1.82) is 0 Å². The highest BCUT2D eigenvalue weighted by Crippen LogP contribution is 2.48. The van der Waals surface area contributed by atoms with Crippen LogP contribution in [0.1, 0.15) is 41.2 Å². The first kappa shape index (κ1) is 25.9. The first-order valence-electron chi connectivity index (χ1n) is 11.7. The van der Waals surface area contributed by atoms with Gasteiger partial charge >= 0.3 is 0 Å². The lowest BCUT2D eigenvalue weighted by molar-refractivity contribution is 0.0939. The summed E-state index contributed by atoms with van der Waals surface area (Å²) in [5, 5.41) is 7.09. The van der Waals surface area contributed by atoms with Crippen LogP contribution in [0.2, 0.25) is 0 Å². The number of carbonyl (C=O) groups is 1. The molecule has 0 atom stereocenters. The van der Waals surface area contributed by atoms with Crippen LogP contribution in [0.5, 0.6) is 0 Å². The highest BCUT2D eigenvalue weighted by molar-refractivity contribution is 7.76. The van der Waals surface area contributed by atoms with E-state index in [0.29, 0.717) is 16.6 Å². The number of thiophene rings is 1. The number of rotatable bonds is 6. The van der Waals surface area contributed by atoms with E-state index in [2.05, 4.69) is 20.6 Å². The van der Waals surface area contributed by atoms with Gasteiger partial charge in [0, 0.05) is 36.4 Å². The van der Waals surface area contributed by atoms with Crippen LogP contribution >= 0.6 is 18.5 Å². The number of nitrogens with zero attached hydrogens (tertiary/aromatic N) is 2. The molecule has 0 aromatic carbocycles. The minimum absolute atomic E-state index is 0.0428. The Bertz CT molecular complexity index is 1590. The third-order valence-corrected chi connectivity index (χ3v) is 10.1. The molecule has 0 bridgehead atoms. The number of hydrogen-bond acceptors (Lipinski definition) is 6. The Morgan fingerprint density at radius 3 is 2.50 bits per heavy atom. The number of carbonyl (C=O) groups excluding carboxylic acids is 1. The molecule has 0 aliphatic carbocycles. The first-order chi connectivity index (χ1) is 16.8. The van der Waals surface area contributed by atoms with Gasteiger partial charge in [-0.25, -0.2) is 0 Å². The normalized spacial score (nSPS) is 11.9. The minimum atomic E-state index is -2.60. The molecule has 0 aliphatic rings. The molecule has 1 amide bonds. The van der Waals surface area contributed by atoms with E-state index >= 15 is 0 Å². The van der Waals surface area contributed by atoms with Crippen molar-refractivity contribution in [1.82, 2.24) is 19.9 Å². The molecule has 0 spiro atoms. The van der Waals surface area contributed by atoms with Crippen LogP contribution in [0.15, 0.2) is 29.3 Å². The molecular formula is C26H32N5O3PS. The van der Waals surface area contributed by atoms with Crippen LogP contribution in [0.3, 0.4) is 0 Å². The summed E-state index contributed by atoms with van der Waals surface area (Å²) in [6.45, 7) is 13.2. The number of nitrogens with one attached hydrogen (secondary N) is 3. The molecule has 8 nitrogen and oxygen atoms in total. The molecular weight excluding hydrogens is 493 g/mol. The van der Waals surface area contributed by atoms with Gasteiger partial charge in [0.25, 0.3) is 11.5 Å². The second-order valence-electron chi connectivity index (χ2n) is 9.86. The smallest absolute Gasteiger partial charge is 0.274 e. The Balaban J connectivity index is 2.02. The second kappa shape index (κ2) is 9.37. The molecule has 0 fully saturated rings. The second-order valence-corrected chi connectivity index (χ2v) is 14.3. The number of H-pyrrole nitrogens is 1. The van der Waals surface area contributed by atoms with Crippen molar-refractivity contribution in [2.45, 2.75) is 40.7 Å². The Morgan fingerprint density at radius 2 is 1.89 bits per heavy atom. The molecule has 0 radical (unpaired) electrons. The Kier molecular flexibility index (Phi) is 6.75. The number of aryl methyl sites for hydroxylation is 3. The van der Waals surface area contributed by atoms with Gasteiger partial charge in [-0.1, -0.05) is 0 Å². The van der Waals surface area contributed by atoms with Crippen LogP contribution in [-0.2, 0) is 11.6 Å². The van der Waals surface area contributed by atoms with Gasteiger partial charge in [0.1, 0.15) is 18.4 Å². The van der Waals surface area contributed by atoms with Crippen molar-refractivity contribution in [2.75, 3.05) is 18.6 Å². The van der Waals surface area contributed by atoms with E-state index in [1.165, 1.54) is 15.9 Å². The standard InChI is InChI=1S/C26H32N5O3PS/c1-13(2)28-24(32)19-11-17-18(12-31(6)25(33)22(17)29-19)23-21(15(4)26(36-23)35(7,8)34)30-20-14(3)9-10-27-16(20)5/h9-13,29-30H,1-8H3,(H,28,32). The molecule has 0 aliphatic heterocycles. The number of pyridine rings is 2. The van der Waals surface area contributed by atoms with E-state index in [1.807, 2.05) is 40.7 Å². The van der Waals surface area contributed by atoms with Crippen LogP contribution in [0.4, 0.5) is 11.4 Å². The average molecular weight is 526 g/mol. The molecule has 0 saturated carbocycles. The fourth-order valence-corrected chi connectivity index (χ4v) is 7.44. The van der Waals surface area contributed by atoms with E-state index in [0.717, 1.165) is 43.3 Å². The average Bonchev–Trinajstić information content (AvgIpc) is 3.35. The SMILES string of the molecule is Cc1ccnc(C)c1Nc1c(-c2cn(C)c(=O)c3[nH]c(C(=O)NC(C)C)cc23)sc(P(C)(C)=O)c1C.